The van der Waals surface area contributed by atoms with Gasteiger partial charge >= 0.3 is 0 Å². The number of nitrogens with one attached hydrogen (secondary N) is 1. The molecule has 26 heavy (non-hydrogen) atoms. The number of H-pyrrole nitrogens is 1. The maximum atomic E-state index is 12.5. The Morgan fingerprint density at radius 2 is 1.77 bits per heavy atom. The number of aromatic hydroxyl groups is 1. The van der Waals surface area contributed by atoms with Crippen LogP contribution in [-0.4, -0.2) is 15.1 Å². The van der Waals surface area contributed by atoms with E-state index in [1.807, 2.05) is 30.3 Å². The fourth-order valence-electron chi connectivity index (χ4n) is 2.74. The highest BCUT2D eigenvalue weighted by Gasteiger charge is 2.16. The summed E-state index contributed by atoms with van der Waals surface area (Å²) in [5.74, 6) is 1.03. The Morgan fingerprint density at radius 1 is 1.00 bits per heavy atom. The van der Waals surface area contributed by atoms with E-state index in [-0.39, 0.29) is 16.8 Å². The number of nitrogens with zero attached hydrogens (tertiary/aromatic N) is 1. The SMILES string of the molecule is O=c1[nH]c2cc(Cl)cnc2c(O)c1-c1cccc(Oc2ccccc2)c1. The molecule has 0 bridgehead atoms. The molecule has 4 rings (SSSR count). The molecule has 0 atom stereocenters. The first-order valence-corrected chi connectivity index (χ1v) is 8.23. The fraction of sp³-hybridized carbons (Fsp3) is 0. The molecule has 2 heterocycles. The van der Waals surface area contributed by atoms with E-state index in [9.17, 15) is 9.90 Å². The maximum Gasteiger partial charge on any atom is 0.260 e. The lowest BCUT2D eigenvalue weighted by atomic mass is 10.1. The van der Waals surface area contributed by atoms with Crippen molar-refractivity contribution in [3.8, 4) is 28.4 Å². The monoisotopic (exact) mass is 364 g/mol. The second-order valence-electron chi connectivity index (χ2n) is 5.67. The van der Waals surface area contributed by atoms with E-state index in [1.165, 1.54) is 6.20 Å². The van der Waals surface area contributed by atoms with Gasteiger partial charge in [-0.1, -0.05) is 41.9 Å². The molecule has 0 radical (unpaired) electrons. The van der Waals surface area contributed by atoms with Crippen molar-refractivity contribution >= 4 is 22.6 Å². The first-order valence-electron chi connectivity index (χ1n) is 7.85. The molecule has 0 aliphatic carbocycles. The third-order valence-corrected chi connectivity index (χ3v) is 4.10. The number of aromatic nitrogens is 2. The summed E-state index contributed by atoms with van der Waals surface area (Å²) >= 11 is 5.90. The van der Waals surface area contributed by atoms with E-state index in [0.29, 0.717) is 27.6 Å². The van der Waals surface area contributed by atoms with Gasteiger partial charge in [-0.15, -0.1) is 0 Å². The highest BCUT2D eigenvalue weighted by Crippen LogP contribution is 2.33. The molecule has 6 heteroatoms. The van der Waals surface area contributed by atoms with Gasteiger partial charge in [-0.05, 0) is 35.9 Å². The zero-order chi connectivity index (χ0) is 18.1. The van der Waals surface area contributed by atoms with Crippen LogP contribution in [0.5, 0.6) is 17.2 Å². The average molecular weight is 365 g/mol. The van der Waals surface area contributed by atoms with E-state index in [4.69, 9.17) is 16.3 Å². The van der Waals surface area contributed by atoms with Crippen molar-refractivity contribution in [3.63, 3.8) is 0 Å². The lowest BCUT2D eigenvalue weighted by molar-refractivity contribution is 0.480. The third-order valence-electron chi connectivity index (χ3n) is 3.89. The molecule has 2 aromatic carbocycles. The molecule has 0 aliphatic heterocycles. The normalized spacial score (nSPS) is 10.8. The minimum atomic E-state index is -0.434. The molecule has 0 amide bonds. The summed E-state index contributed by atoms with van der Waals surface area (Å²) in [6.07, 6.45) is 1.42. The number of rotatable bonds is 3. The van der Waals surface area contributed by atoms with Gasteiger partial charge in [0, 0.05) is 6.20 Å². The number of fused-ring (bicyclic) bond motifs is 1. The van der Waals surface area contributed by atoms with Crippen LogP contribution in [-0.2, 0) is 0 Å². The molecule has 0 saturated carbocycles. The smallest absolute Gasteiger partial charge is 0.260 e. The molecule has 2 N–H and O–H groups in total. The van der Waals surface area contributed by atoms with Gasteiger partial charge in [0.1, 0.15) is 17.0 Å². The highest BCUT2D eigenvalue weighted by molar-refractivity contribution is 6.31. The van der Waals surface area contributed by atoms with Crippen molar-refractivity contribution in [1.82, 2.24) is 9.97 Å². The van der Waals surface area contributed by atoms with Gasteiger partial charge in [0.25, 0.3) is 5.56 Å². The Balaban J connectivity index is 1.82. The molecule has 0 fully saturated rings. The van der Waals surface area contributed by atoms with Crippen LogP contribution < -0.4 is 10.3 Å². The maximum absolute atomic E-state index is 12.5. The van der Waals surface area contributed by atoms with Crippen molar-refractivity contribution in [3.05, 3.63) is 82.2 Å². The summed E-state index contributed by atoms with van der Waals surface area (Å²) < 4.78 is 5.80. The second-order valence-corrected chi connectivity index (χ2v) is 6.11. The van der Waals surface area contributed by atoms with Gasteiger partial charge in [0.05, 0.1) is 16.1 Å². The third kappa shape index (κ3) is 3.00. The number of hydrogen-bond donors (Lipinski definition) is 2. The van der Waals surface area contributed by atoms with Crippen LogP contribution in [0, 0.1) is 0 Å². The van der Waals surface area contributed by atoms with E-state index in [1.54, 1.807) is 30.3 Å². The molecule has 5 nitrogen and oxygen atoms in total. The molecule has 0 unspecified atom stereocenters. The summed E-state index contributed by atoms with van der Waals surface area (Å²) in [6.45, 7) is 0. The number of hydrogen-bond acceptors (Lipinski definition) is 4. The highest BCUT2D eigenvalue weighted by atomic mass is 35.5. The van der Waals surface area contributed by atoms with Gasteiger partial charge < -0.3 is 14.8 Å². The number of para-hydroxylation sites is 1. The topological polar surface area (TPSA) is 75.2 Å². The fourth-order valence-corrected chi connectivity index (χ4v) is 2.90. The molecule has 0 saturated heterocycles. The Kier molecular flexibility index (Phi) is 4.07. The first kappa shape index (κ1) is 16.2. The van der Waals surface area contributed by atoms with Crippen LogP contribution in [0.1, 0.15) is 0 Å². The van der Waals surface area contributed by atoms with Crippen LogP contribution in [0.15, 0.2) is 71.7 Å². The van der Waals surface area contributed by atoms with Gasteiger partial charge in [-0.25, -0.2) is 4.98 Å². The van der Waals surface area contributed by atoms with Crippen LogP contribution in [0.4, 0.5) is 0 Å². The van der Waals surface area contributed by atoms with Gasteiger partial charge in [0.2, 0.25) is 0 Å². The zero-order valence-corrected chi connectivity index (χ0v) is 14.2. The van der Waals surface area contributed by atoms with Crippen molar-refractivity contribution in [1.29, 1.82) is 0 Å². The van der Waals surface area contributed by atoms with Gasteiger partial charge in [-0.2, -0.15) is 0 Å². The Hall–Kier alpha value is -3.31. The van der Waals surface area contributed by atoms with E-state index < -0.39 is 5.56 Å². The Morgan fingerprint density at radius 3 is 2.58 bits per heavy atom. The molecule has 4 aromatic rings. The van der Waals surface area contributed by atoms with E-state index >= 15 is 0 Å². The number of ether oxygens (including phenoxy) is 1. The van der Waals surface area contributed by atoms with Crippen LogP contribution in [0.25, 0.3) is 22.2 Å². The van der Waals surface area contributed by atoms with Crippen molar-refractivity contribution in [2.45, 2.75) is 0 Å². The summed E-state index contributed by atoms with van der Waals surface area (Å²) in [4.78, 5) is 19.3. The first-order chi connectivity index (χ1) is 12.6. The van der Waals surface area contributed by atoms with Crippen LogP contribution >= 0.6 is 11.6 Å². The van der Waals surface area contributed by atoms with E-state index in [0.717, 1.165) is 0 Å². The van der Waals surface area contributed by atoms with Crippen LogP contribution in [0.3, 0.4) is 0 Å². The van der Waals surface area contributed by atoms with Gasteiger partial charge in [0.15, 0.2) is 5.75 Å². The predicted molar refractivity (Wildman–Crippen MR) is 101 cm³/mol. The zero-order valence-electron chi connectivity index (χ0n) is 13.4. The van der Waals surface area contributed by atoms with E-state index in [2.05, 4.69) is 9.97 Å². The van der Waals surface area contributed by atoms with Crippen molar-refractivity contribution in [2.24, 2.45) is 0 Å². The quantitative estimate of drug-likeness (QED) is 0.550. The molecular weight excluding hydrogens is 352 g/mol. The average Bonchev–Trinajstić information content (AvgIpc) is 2.62. The summed E-state index contributed by atoms with van der Waals surface area (Å²) in [6, 6.07) is 17.8. The number of aromatic amines is 1. The molecule has 2 aromatic heterocycles. The second kappa shape index (κ2) is 6.54. The standard InChI is InChI=1S/C20H13ClN2O3/c21-13-10-16-18(22-11-13)19(24)17(20(25)23-16)12-5-4-8-15(9-12)26-14-6-2-1-3-7-14/h1-11H,(H2,23,24,25). The Bertz CT molecular complexity index is 1160. The number of halogens is 1. The van der Waals surface area contributed by atoms with Crippen molar-refractivity contribution in [2.75, 3.05) is 0 Å². The minimum absolute atomic E-state index is 0.130. The minimum Gasteiger partial charge on any atom is -0.505 e. The predicted octanol–water partition coefficient (Wildman–Crippen LogP) is 4.74. The van der Waals surface area contributed by atoms with Crippen molar-refractivity contribution < 1.29 is 9.84 Å². The summed E-state index contributed by atoms with van der Waals surface area (Å²) in [5, 5.41) is 11.0. The van der Waals surface area contributed by atoms with Crippen LogP contribution in [0.2, 0.25) is 5.02 Å². The lowest BCUT2D eigenvalue weighted by Gasteiger charge is -2.10. The lowest BCUT2D eigenvalue weighted by Crippen LogP contribution is -2.10. The number of benzene rings is 2. The summed E-state index contributed by atoms with van der Waals surface area (Å²) in [5.41, 5.74) is 0.872. The van der Waals surface area contributed by atoms with Gasteiger partial charge in [-0.3, -0.25) is 4.79 Å². The molecule has 0 spiro atoms. The largest absolute Gasteiger partial charge is 0.505 e. The molecule has 0 aliphatic rings. The summed E-state index contributed by atoms with van der Waals surface area (Å²) in [7, 11) is 0. The Labute approximate surface area is 153 Å². The number of pyridine rings is 2. The molecule has 128 valence electrons. The molecular formula is C20H13ClN2O3.